The van der Waals surface area contributed by atoms with E-state index >= 15 is 0 Å². The molecule has 1 atom stereocenters. The Morgan fingerprint density at radius 2 is 1.56 bits per heavy atom. The van der Waals surface area contributed by atoms with Crippen molar-refractivity contribution in [2.75, 3.05) is 25.1 Å². The second-order valence-electron chi connectivity index (χ2n) is 9.03. The first-order valence-corrected chi connectivity index (χ1v) is 12.4. The van der Waals surface area contributed by atoms with Gasteiger partial charge in [0.25, 0.3) is 0 Å². The van der Waals surface area contributed by atoms with Crippen LogP contribution in [0.25, 0.3) is 11.3 Å². The van der Waals surface area contributed by atoms with E-state index in [-0.39, 0.29) is 17.9 Å². The number of para-hydroxylation sites is 1. The van der Waals surface area contributed by atoms with Crippen molar-refractivity contribution in [1.29, 1.82) is 0 Å². The van der Waals surface area contributed by atoms with E-state index in [1.54, 1.807) is 7.11 Å². The van der Waals surface area contributed by atoms with Crippen LogP contribution in [0, 0.1) is 5.92 Å². The van der Waals surface area contributed by atoms with Gasteiger partial charge in [-0.3, -0.25) is 4.79 Å². The Morgan fingerprint density at radius 1 is 0.889 bits per heavy atom. The van der Waals surface area contributed by atoms with Crippen LogP contribution >= 0.6 is 0 Å². The van der Waals surface area contributed by atoms with Gasteiger partial charge in [0.2, 0.25) is 5.91 Å². The van der Waals surface area contributed by atoms with Crippen molar-refractivity contribution in [2.24, 2.45) is 5.92 Å². The third-order valence-corrected chi connectivity index (χ3v) is 6.70. The molecular formula is C30H30N4O2. The fourth-order valence-electron chi connectivity index (χ4n) is 4.80. The van der Waals surface area contributed by atoms with Gasteiger partial charge in [-0.1, -0.05) is 72.8 Å². The summed E-state index contributed by atoms with van der Waals surface area (Å²) in [5, 5.41) is 12.3. The van der Waals surface area contributed by atoms with Gasteiger partial charge in [0.1, 0.15) is 5.75 Å². The van der Waals surface area contributed by atoms with Gasteiger partial charge in [-0.25, -0.2) is 0 Å². The molecule has 1 N–H and O–H groups in total. The summed E-state index contributed by atoms with van der Waals surface area (Å²) in [5.41, 5.74) is 3.81. The Labute approximate surface area is 212 Å². The first-order valence-electron chi connectivity index (χ1n) is 12.4. The lowest BCUT2D eigenvalue weighted by molar-refractivity contribution is -0.125. The number of nitrogens with one attached hydrogen (secondary N) is 1. The molecule has 0 aliphatic carbocycles. The Bertz CT molecular complexity index is 1240. The smallest absolute Gasteiger partial charge is 0.225 e. The molecule has 1 fully saturated rings. The minimum Gasteiger partial charge on any atom is -0.496 e. The normalized spacial score (nSPS) is 15.5. The highest BCUT2D eigenvalue weighted by molar-refractivity contribution is 5.80. The summed E-state index contributed by atoms with van der Waals surface area (Å²) < 4.78 is 5.46. The average Bonchev–Trinajstić information content (AvgIpc) is 2.97. The van der Waals surface area contributed by atoms with Crippen molar-refractivity contribution in [3.63, 3.8) is 0 Å². The molecule has 1 aromatic heterocycles. The topological polar surface area (TPSA) is 67.3 Å². The number of anilines is 1. The van der Waals surface area contributed by atoms with E-state index in [0.29, 0.717) is 6.54 Å². The van der Waals surface area contributed by atoms with Gasteiger partial charge in [-0.05, 0) is 48.2 Å². The predicted octanol–water partition coefficient (Wildman–Crippen LogP) is 5.27. The number of nitrogens with zero attached hydrogens (tertiary/aromatic N) is 3. The monoisotopic (exact) mass is 478 g/mol. The molecule has 1 saturated heterocycles. The summed E-state index contributed by atoms with van der Waals surface area (Å²) >= 11 is 0. The molecule has 1 unspecified atom stereocenters. The van der Waals surface area contributed by atoms with Crippen LogP contribution in [0.3, 0.4) is 0 Å². The highest BCUT2D eigenvalue weighted by Gasteiger charge is 2.29. The number of methoxy groups -OCH3 is 1. The number of rotatable bonds is 7. The first-order chi connectivity index (χ1) is 17.7. The lowest BCUT2D eigenvalue weighted by Crippen LogP contribution is -2.44. The number of amides is 1. The van der Waals surface area contributed by atoms with Gasteiger partial charge in [0, 0.05) is 18.7 Å². The van der Waals surface area contributed by atoms with E-state index in [2.05, 4.69) is 44.7 Å². The molecule has 0 radical (unpaired) electrons. The van der Waals surface area contributed by atoms with E-state index in [1.807, 2.05) is 72.8 Å². The van der Waals surface area contributed by atoms with Gasteiger partial charge in [0.05, 0.1) is 24.8 Å². The van der Waals surface area contributed by atoms with E-state index in [4.69, 9.17) is 4.74 Å². The Balaban J connectivity index is 1.30. The van der Waals surface area contributed by atoms with E-state index < -0.39 is 0 Å². The van der Waals surface area contributed by atoms with Crippen molar-refractivity contribution < 1.29 is 9.53 Å². The van der Waals surface area contributed by atoms with Gasteiger partial charge in [0.15, 0.2) is 5.82 Å². The molecule has 0 bridgehead atoms. The average molecular weight is 479 g/mol. The largest absolute Gasteiger partial charge is 0.496 e. The minimum atomic E-state index is -0.185. The van der Waals surface area contributed by atoms with Gasteiger partial charge >= 0.3 is 0 Å². The fraction of sp³-hybridized carbons (Fsp3) is 0.233. The summed E-state index contributed by atoms with van der Waals surface area (Å²) in [4.78, 5) is 15.6. The lowest BCUT2D eigenvalue weighted by Gasteiger charge is -2.33. The summed E-state index contributed by atoms with van der Waals surface area (Å²) in [6.45, 7) is 1.47. The van der Waals surface area contributed by atoms with Crippen LogP contribution in [-0.2, 0) is 4.79 Å². The number of piperidine rings is 1. The zero-order valence-electron chi connectivity index (χ0n) is 20.4. The Hall–Kier alpha value is -4.19. The third-order valence-electron chi connectivity index (χ3n) is 6.70. The van der Waals surface area contributed by atoms with Gasteiger partial charge in [-0.2, -0.15) is 0 Å². The fourth-order valence-corrected chi connectivity index (χ4v) is 4.80. The second kappa shape index (κ2) is 11.0. The molecule has 3 aromatic carbocycles. The highest BCUT2D eigenvalue weighted by atomic mass is 16.5. The van der Waals surface area contributed by atoms with Crippen molar-refractivity contribution in [3.05, 3.63) is 108 Å². The summed E-state index contributed by atoms with van der Waals surface area (Å²) in [5.74, 6) is 1.50. The number of benzene rings is 3. The predicted molar refractivity (Wildman–Crippen MR) is 142 cm³/mol. The zero-order valence-corrected chi connectivity index (χ0v) is 20.4. The first kappa shape index (κ1) is 23.5. The Kier molecular flexibility index (Phi) is 7.22. The van der Waals surface area contributed by atoms with Crippen molar-refractivity contribution in [1.82, 2.24) is 15.5 Å². The highest BCUT2D eigenvalue weighted by Crippen LogP contribution is 2.29. The molecular weight excluding hydrogens is 448 g/mol. The van der Waals surface area contributed by atoms with Crippen LogP contribution in [0.1, 0.15) is 30.0 Å². The van der Waals surface area contributed by atoms with Crippen LogP contribution in [0.2, 0.25) is 0 Å². The summed E-state index contributed by atoms with van der Waals surface area (Å²) in [6, 6.07) is 31.8. The number of carbonyl (C=O) groups excluding carboxylic acids is 1. The van der Waals surface area contributed by atoms with Crippen molar-refractivity contribution in [3.8, 4) is 17.0 Å². The molecule has 2 heterocycles. The molecule has 1 amide bonds. The lowest BCUT2D eigenvalue weighted by atomic mass is 9.94. The molecule has 6 nitrogen and oxygen atoms in total. The van der Waals surface area contributed by atoms with E-state index in [0.717, 1.165) is 53.3 Å². The number of ether oxygens (including phenoxy) is 1. The second-order valence-corrected chi connectivity index (χ2v) is 9.03. The minimum absolute atomic E-state index is 0.0657. The Morgan fingerprint density at radius 3 is 2.19 bits per heavy atom. The molecule has 36 heavy (non-hydrogen) atoms. The molecule has 5 rings (SSSR count). The summed E-state index contributed by atoms with van der Waals surface area (Å²) in [6.07, 6.45) is 1.78. The SMILES string of the molecule is COc1ccccc1-c1ccc(N2CCCC(C(=O)NC(c3ccccc3)c3ccccc3)C2)nn1. The van der Waals surface area contributed by atoms with Crippen LogP contribution in [0.5, 0.6) is 5.75 Å². The number of hydrogen-bond donors (Lipinski definition) is 1. The maximum atomic E-state index is 13.5. The van der Waals surface area contributed by atoms with Crippen molar-refractivity contribution in [2.45, 2.75) is 18.9 Å². The quantitative estimate of drug-likeness (QED) is 0.392. The van der Waals surface area contributed by atoms with Crippen molar-refractivity contribution >= 4 is 11.7 Å². The summed E-state index contributed by atoms with van der Waals surface area (Å²) in [7, 11) is 1.65. The molecule has 182 valence electrons. The maximum absolute atomic E-state index is 13.5. The molecule has 1 aliphatic heterocycles. The van der Waals surface area contributed by atoms with Gasteiger partial charge in [-0.15, -0.1) is 10.2 Å². The molecule has 4 aromatic rings. The maximum Gasteiger partial charge on any atom is 0.225 e. The number of aromatic nitrogens is 2. The van der Waals surface area contributed by atoms with Crippen LogP contribution in [0.4, 0.5) is 5.82 Å². The van der Waals surface area contributed by atoms with E-state index in [9.17, 15) is 4.79 Å². The zero-order chi connectivity index (χ0) is 24.7. The third kappa shape index (κ3) is 5.23. The molecule has 1 aliphatic rings. The standard InChI is InChI=1S/C30H30N4O2/c1-36-27-17-9-8-16-25(27)26-18-19-28(33-32-26)34-20-10-15-24(21-34)30(35)31-29(22-11-4-2-5-12-22)23-13-6-3-7-14-23/h2-9,11-14,16-19,24,29H,10,15,20-21H2,1H3,(H,31,35). The van der Waals surface area contributed by atoms with Crippen LogP contribution < -0.4 is 15.0 Å². The molecule has 0 spiro atoms. The van der Waals surface area contributed by atoms with E-state index in [1.165, 1.54) is 0 Å². The van der Waals surface area contributed by atoms with Crippen LogP contribution in [0.15, 0.2) is 97.1 Å². The number of carbonyl (C=O) groups is 1. The van der Waals surface area contributed by atoms with Gasteiger partial charge < -0.3 is 15.0 Å². The number of hydrogen-bond acceptors (Lipinski definition) is 5. The van der Waals surface area contributed by atoms with Crippen LogP contribution in [-0.4, -0.2) is 36.3 Å². The molecule has 6 heteroatoms. The molecule has 0 saturated carbocycles.